The maximum Gasteiger partial charge on any atom is 0.255 e. The van der Waals surface area contributed by atoms with Gasteiger partial charge in [0.25, 0.3) is 5.91 Å². The van der Waals surface area contributed by atoms with Crippen LogP contribution in [0.4, 0.5) is 0 Å². The first-order valence-electron chi connectivity index (χ1n) is 10.4. The molecule has 9 heteroatoms. The van der Waals surface area contributed by atoms with Crippen LogP contribution in [0.15, 0.2) is 54.7 Å². The smallest absolute Gasteiger partial charge is 0.255 e. The average molecular weight is 475 g/mol. The Labute approximate surface area is 193 Å². The molecule has 170 valence electrons. The van der Waals surface area contributed by atoms with Crippen LogP contribution in [0.25, 0.3) is 5.69 Å². The van der Waals surface area contributed by atoms with Crippen LogP contribution in [0.5, 0.6) is 0 Å². The van der Waals surface area contributed by atoms with Crippen molar-refractivity contribution in [2.24, 2.45) is 0 Å². The molecule has 0 aliphatic rings. The number of nitrogens with one attached hydrogen (secondary N) is 2. The molecule has 0 spiro atoms. The molecule has 3 aromatic rings. The van der Waals surface area contributed by atoms with E-state index >= 15 is 0 Å². The first-order chi connectivity index (χ1) is 15.2. The molecule has 0 unspecified atom stereocenters. The Balaban J connectivity index is 1.77. The molecule has 0 fully saturated rings. The summed E-state index contributed by atoms with van der Waals surface area (Å²) in [5.41, 5.74) is 3.41. The maximum atomic E-state index is 12.9. The number of carbonyl (C=O) groups excluding carboxylic acids is 1. The van der Waals surface area contributed by atoms with E-state index < -0.39 is 10.0 Å². The van der Waals surface area contributed by atoms with Gasteiger partial charge in [0.1, 0.15) is 0 Å². The van der Waals surface area contributed by atoms with E-state index in [1.807, 2.05) is 31.2 Å². The van der Waals surface area contributed by atoms with Crippen molar-refractivity contribution in [2.45, 2.75) is 45.5 Å². The quantitative estimate of drug-likeness (QED) is 0.492. The van der Waals surface area contributed by atoms with Crippen LogP contribution in [-0.4, -0.2) is 30.1 Å². The zero-order valence-electron chi connectivity index (χ0n) is 18.3. The summed E-state index contributed by atoms with van der Waals surface area (Å²) in [7, 11) is -3.48. The first kappa shape index (κ1) is 24.0. The summed E-state index contributed by atoms with van der Waals surface area (Å²) < 4.78 is 29.0. The van der Waals surface area contributed by atoms with E-state index in [-0.39, 0.29) is 24.2 Å². The Bertz CT molecular complexity index is 1210. The lowest BCUT2D eigenvalue weighted by Crippen LogP contribution is -2.32. The molecule has 0 aliphatic carbocycles. The topological polar surface area (TPSA) is 93.1 Å². The summed E-state index contributed by atoms with van der Waals surface area (Å²) in [5, 5.41) is 7.86. The molecule has 7 nitrogen and oxygen atoms in total. The molecule has 0 bridgehead atoms. The molecule has 2 aromatic carbocycles. The minimum Gasteiger partial charge on any atom is -0.348 e. The fourth-order valence-electron chi connectivity index (χ4n) is 3.48. The van der Waals surface area contributed by atoms with Crippen LogP contribution in [0.3, 0.4) is 0 Å². The summed E-state index contributed by atoms with van der Waals surface area (Å²) in [6, 6.07) is 14.3. The Morgan fingerprint density at radius 3 is 2.50 bits per heavy atom. The van der Waals surface area contributed by atoms with E-state index in [4.69, 9.17) is 11.6 Å². The molecule has 0 saturated heterocycles. The van der Waals surface area contributed by atoms with Gasteiger partial charge in [-0.15, -0.1) is 0 Å². The fourth-order valence-corrected chi connectivity index (χ4v) is 5.16. The van der Waals surface area contributed by atoms with Crippen LogP contribution < -0.4 is 10.0 Å². The lowest BCUT2D eigenvalue weighted by molar-refractivity contribution is 0.0950. The number of halogens is 1. The van der Waals surface area contributed by atoms with Crippen molar-refractivity contribution in [3.8, 4) is 5.69 Å². The normalized spacial score (nSPS) is 11.7. The van der Waals surface area contributed by atoms with Crippen molar-refractivity contribution in [1.82, 2.24) is 19.8 Å². The van der Waals surface area contributed by atoms with E-state index in [0.29, 0.717) is 22.6 Å². The molecular weight excluding hydrogens is 448 g/mol. The van der Waals surface area contributed by atoms with Crippen LogP contribution in [-0.2, 0) is 28.7 Å². The third-order valence-corrected chi connectivity index (χ3v) is 6.58. The second-order valence-corrected chi connectivity index (χ2v) is 9.92. The third kappa shape index (κ3) is 5.97. The lowest BCUT2D eigenvalue weighted by Gasteiger charge is -2.13. The number of benzene rings is 2. The van der Waals surface area contributed by atoms with Crippen molar-refractivity contribution in [3.05, 3.63) is 82.1 Å². The number of hydrogen-bond acceptors (Lipinski definition) is 4. The van der Waals surface area contributed by atoms with E-state index in [9.17, 15) is 13.2 Å². The molecule has 1 aromatic heterocycles. The minimum absolute atomic E-state index is 0.149. The molecule has 3 rings (SSSR count). The lowest BCUT2D eigenvalue weighted by atomic mass is 10.1. The number of sulfonamides is 1. The van der Waals surface area contributed by atoms with Crippen molar-refractivity contribution < 1.29 is 13.2 Å². The van der Waals surface area contributed by atoms with Crippen LogP contribution >= 0.6 is 11.6 Å². The first-order valence-corrected chi connectivity index (χ1v) is 12.4. The molecule has 2 N–H and O–H groups in total. The summed E-state index contributed by atoms with van der Waals surface area (Å²) >= 11 is 6.10. The van der Waals surface area contributed by atoms with Crippen molar-refractivity contribution in [3.63, 3.8) is 0 Å². The highest BCUT2D eigenvalue weighted by Crippen LogP contribution is 2.19. The Kier molecular flexibility index (Phi) is 7.71. The van der Waals surface area contributed by atoms with Crippen molar-refractivity contribution in [2.75, 3.05) is 0 Å². The van der Waals surface area contributed by atoms with Crippen molar-refractivity contribution in [1.29, 1.82) is 0 Å². The monoisotopic (exact) mass is 474 g/mol. The highest BCUT2D eigenvalue weighted by Gasteiger charge is 2.19. The SMILES string of the molecule is CCc1c(C(=O)NCc2ccccc2CS(=O)(=O)NC(C)C)cnn1-c1cccc(Cl)c1. The van der Waals surface area contributed by atoms with Gasteiger partial charge >= 0.3 is 0 Å². The van der Waals surface area contributed by atoms with Crippen LogP contribution in [0.1, 0.15) is 48.0 Å². The van der Waals surface area contributed by atoms with E-state index in [2.05, 4.69) is 15.1 Å². The third-order valence-electron chi connectivity index (χ3n) is 4.82. The Morgan fingerprint density at radius 2 is 1.84 bits per heavy atom. The number of nitrogens with zero attached hydrogens (tertiary/aromatic N) is 2. The number of rotatable bonds is 9. The summed E-state index contributed by atoms with van der Waals surface area (Å²) in [5.74, 6) is -0.419. The van der Waals surface area contributed by atoms with Gasteiger partial charge < -0.3 is 5.32 Å². The number of aromatic nitrogens is 2. The summed E-state index contributed by atoms with van der Waals surface area (Å²) in [6.07, 6.45) is 2.14. The summed E-state index contributed by atoms with van der Waals surface area (Å²) in [6.45, 7) is 5.71. The van der Waals surface area contributed by atoms with Gasteiger partial charge in [-0.2, -0.15) is 5.10 Å². The molecule has 0 radical (unpaired) electrons. The van der Waals surface area contributed by atoms with Gasteiger partial charge in [0.2, 0.25) is 10.0 Å². The highest BCUT2D eigenvalue weighted by molar-refractivity contribution is 7.88. The van der Waals surface area contributed by atoms with Crippen LogP contribution in [0, 0.1) is 0 Å². The zero-order valence-corrected chi connectivity index (χ0v) is 19.9. The molecular formula is C23H27ClN4O3S. The zero-order chi connectivity index (χ0) is 23.3. The highest BCUT2D eigenvalue weighted by atomic mass is 35.5. The predicted molar refractivity (Wildman–Crippen MR) is 126 cm³/mol. The van der Waals surface area contributed by atoms with E-state index in [1.54, 1.807) is 42.8 Å². The van der Waals surface area contributed by atoms with Gasteiger partial charge in [-0.05, 0) is 49.6 Å². The number of amides is 1. The number of hydrogen-bond donors (Lipinski definition) is 2. The molecule has 32 heavy (non-hydrogen) atoms. The molecule has 1 heterocycles. The predicted octanol–water partition coefficient (Wildman–Crippen LogP) is 3.85. The van der Waals surface area contributed by atoms with E-state index in [1.165, 1.54) is 6.20 Å². The van der Waals surface area contributed by atoms with Gasteiger partial charge in [-0.3, -0.25) is 4.79 Å². The van der Waals surface area contributed by atoms with Gasteiger partial charge in [-0.25, -0.2) is 17.8 Å². The molecule has 1 amide bonds. The van der Waals surface area contributed by atoms with Crippen LogP contribution in [0.2, 0.25) is 5.02 Å². The minimum atomic E-state index is -3.48. The van der Waals surface area contributed by atoms with Gasteiger partial charge in [0, 0.05) is 17.6 Å². The average Bonchev–Trinajstić information content (AvgIpc) is 3.16. The second kappa shape index (κ2) is 10.3. The molecule has 0 saturated carbocycles. The summed E-state index contributed by atoms with van der Waals surface area (Å²) in [4.78, 5) is 12.9. The van der Waals surface area contributed by atoms with Gasteiger partial charge in [0.15, 0.2) is 0 Å². The number of carbonyl (C=O) groups is 1. The van der Waals surface area contributed by atoms with Gasteiger partial charge in [0.05, 0.1) is 28.9 Å². The maximum absolute atomic E-state index is 12.9. The molecule has 0 atom stereocenters. The standard InChI is InChI=1S/C23H27ClN4O3S/c1-4-22-21(14-26-28(22)20-11-7-10-19(24)12-20)23(29)25-13-17-8-5-6-9-18(17)15-32(30,31)27-16(2)3/h5-12,14,16,27H,4,13,15H2,1-3H3,(H,25,29). The Morgan fingerprint density at radius 1 is 1.12 bits per heavy atom. The second-order valence-electron chi connectivity index (χ2n) is 7.73. The fraction of sp³-hybridized carbons (Fsp3) is 0.304. The van der Waals surface area contributed by atoms with Gasteiger partial charge in [-0.1, -0.05) is 48.9 Å². The van der Waals surface area contributed by atoms with Crippen molar-refractivity contribution >= 4 is 27.5 Å². The van der Waals surface area contributed by atoms with E-state index in [0.717, 1.165) is 16.9 Å². The largest absolute Gasteiger partial charge is 0.348 e. The Hall–Kier alpha value is -2.68. The molecule has 0 aliphatic heterocycles.